The third kappa shape index (κ3) is 2.01. The Bertz CT molecular complexity index is 516. The van der Waals surface area contributed by atoms with E-state index in [1.807, 2.05) is 6.08 Å². The zero-order valence-electron chi connectivity index (χ0n) is 8.90. The first-order valence-corrected chi connectivity index (χ1v) is 5.16. The number of hydrogen-bond donors (Lipinski definition) is 0. The largest absolute Gasteiger partial charge is 0.132 e. The number of benzene rings is 2. The highest BCUT2D eigenvalue weighted by Crippen LogP contribution is 2.21. The Morgan fingerprint density at radius 2 is 1.87 bits per heavy atom. The summed E-state index contributed by atoms with van der Waals surface area (Å²) >= 11 is 0. The van der Waals surface area contributed by atoms with Crippen LogP contribution >= 0.6 is 0 Å². The Kier molecular flexibility index (Phi) is 2.71. The lowest BCUT2D eigenvalue weighted by Crippen LogP contribution is -1.88. The Morgan fingerprint density at radius 3 is 2.60 bits per heavy atom. The van der Waals surface area contributed by atoms with Gasteiger partial charge in [0.25, 0.3) is 0 Å². The van der Waals surface area contributed by atoms with Crippen LogP contribution in [-0.2, 0) is 0 Å². The lowest BCUT2D eigenvalue weighted by Gasteiger charge is -2.07. The topological polar surface area (TPSA) is 0 Å². The van der Waals surface area contributed by atoms with Crippen molar-refractivity contribution < 1.29 is 0 Å². The summed E-state index contributed by atoms with van der Waals surface area (Å²) in [5.74, 6) is 0.382. The third-order valence-corrected chi connectivity index (χ3v) is 2.67. The quantitative estimate of drug-likeness (QED) is 0.626. The average Bonchev–Trinajstić information content (AvgIpc) is 2.29. The Hall–Kier alpha value is -1.78. The van der Waals surface area contributed by atoms with E-state index in [9.17, 15) is 0 Å². The van der Waals surface area contributed by atoms with Gasteiger partial charge in [-0.25, -0.2) is 0 Å². The van der Waals surface area contributed by atoms with Gasteiger partial charge in [0.2, 0.25) is 0 Å². The molecular weight excluding hydrogens is 180 g/mol. The second-order valence-electron chi connectivity index (χ2n) is 3.77. The second-order valence-corrected chi connectivity index (χ2v) is 3.77. The molecule has 0 spiro atoms. The minimum absolute atomic E-state index is 0.382. The molecule has 0 N–H and O–H groups in total. The van der Waals surface area contributed by atoms with E-state index in [0.717, 1.165) is 0 Å². The fourth-order valence-corrected chi connectivity index (χ4v) is 1.76. The van der Waals surface area contributed by atoms with Gasteiger partial charge in [-0.15, -0.1) is 5.73 Å². The molecule has 0 heteroatoms. The van der Waals surface area contributed by atoms with Crippen LogP contribution in [0.2, 0.25) is 0 Å². The second kappa shape index (κ2) is 4.16. The molecule has 2 aromatic carbocycles. The molecule has 74 valence electrons. The van der Waals surface area contributed by atoms with E-state index in [4.69, 9.17) is 0 Å². The Balaban J connectivity index is 2.51. The molecule has 0 nitrogen and oxygen atoms in total. The number of allylic oxidation sites excluding steroid dienone is 1. The van der Waals surface area contributed by atoms with Crippen molar-refractivity contribution in [1.29, 1.82) is 0 Å². The summed E-state index contributed by atoms with van der Waals surface area (Å²) in [5.41, 5.74) is 4.15. The zero-order chi connectivity index (χ0) is 10.7. The predicted octanol–water partition coefficient (Wildman–Crippen LogP) is 4.28. The van der Waals surface area contributed by atoms with Crippen LogP contribution in [0, 0.1) is 0 Å². The van der Waals surface area contributed by atoms with Crippen LogP contribution in [0.1, 0.15) is 18.4 Å². The van der Waals surface area contributed by atoms with Gasteiger partial charge < -0.3 is 0 Å². The summed E-state index contributed by atoms with van der Waals surface area (Å²) in [7, 11) is 0. The molecule has 0 bridgehead atoms. The van der Waals surface area contributed by atoms with Gasteiger partial charge in [0, 0.05) is 5.92 Å². The maximum Gasteiger partial charge on any atom is 0.00655 e. The minimum Gasteiger partial charge on any atom is -0.132 e. The molecule has 0 aromatic heterocycles. The lowest BCUT2D eigenvalue weighted by molar-refractivity contribution is 0.973. The summed E-state index contributed by atoms with van der Waals surface area (Å²) in [6, 6.07) is 15.0. The molecule has 0 unspecified atom stereocenters. The van der Waals surface area contributed by atoms with Gasteiger partial charge >= 0.3 is 0 Å². The van der Waals surface area contributed by atoms with E-state index in [1.54, 1.807) is 0 Å². The first kappa shape index (κ1) is 9.76. The molecule has 2 aromatic rings. The lowest BCUT2D eigenvalue weighted by atomic mass is 9.98. The zero-order valence-corrected chi connectivity index (χ0v) is 8.90. The molecular formula is C15H14. The Morgan fingerprint density at radius 1 is 1.13 bits per heavy atom. The summed E-state index contributed by atoms with van der Waals surface area (Å²) in [4.78, 5) is 0. The molecule has 0 aliphatic rings. The standard InChI is InChI=1S/C15H14/c1-3-6-12(2)14-10-9-13-7-4-5-8-15(13)11-14/h4-12H,1H2,2H3/t12-/m0/s1. The van der Waals surface area contributed by atoms with E-state index in [2.05, 4.69) is 61.7 Å². The van der Waals surface area contributed by atoms with Crippen LogP contribution in [0.4, 0.5) is 0 Å². The highest BCUT2D eigenvalue weighted by molar-refractivity contribution is 5.83. The van der Waals surface area contributed by atoms with Crippen molar-refractivity contribution >= 4 is 10.8 Å². The SMILES string of the molecule is C=C=C[C@H](C)c1ccc2ccccc2c1. The fourth-order valence-electron chi connectivity index (χ4n) is 1.76. The highest BCUT2D eigenvalue weighted by Gasteiger charge is 2.01. The van der Waals surface area contributed by atoms with E-state index < -0.39 is 0 Å². The molecule has 0 heterocycles. The molecule has 1 atom stereocenters. The van der Waals surface area contributed by atoms with E-state index in [-0.39, 0.29) is 0 Å². The van der Waals surface area contributed by atoms with Crippen molar-refractivity contribution in [3.8, 4) is 0 Å². The van der Waals surface area contributed by atoms with Gasteiger partial charge in [-0.3, -0.25) is 0 Å². The maximum atomic E-state index is 3.61. The summed E-state index contributed by atoms with van der Waals surface area (Å²) in [6.07, 6.45) is 1.99. The minimum atomic E-state index is 0.382. The van der Waals surface area contributed by atoms with Gasteiger partial charge in [0.05, 0.1) is 0 Å². The first-order chi connectivity index (χ1) is 7.31. The van der Waals surface area contributed by atoms with Crippen LogP contribution in [0.15, 0.2) is 60.9 Å². The van der Waals surface area contributed by atoms with Crippen molar-refractivity contribution in [2.75, 3.05) is 0 Å². The molecule has 0 aliphatic heterocycles. The molecule has 0 fully saturated rings. The molecule has 2 rings (SSSR count). The van der Waals surface area contributed by atoms with E-state index in [1.165, 1.54) is 16.3 Å². The summed E-state index contributed by atoms with van der Waals surface area (Å²) in [5, 5.41) is 2.58. The smallest absolute Gasteiger partial charge is 0.00655 e. The third-order valence-electron chi connectivity index (χ3n) is 2.67. The molecule has 0 amide bonds. The molecule has 0 saturated heterocycles. The van der Waals surface area contributed by atoms with E-state index in [0.29, 0.717) is 5.92 Å². The van der Waals surface area contributed by atoms with Crippen LogP contribution in [0.25, 0.3) is 10.8 Å². The van der Waals surface area contributed by atoms with Crippen LogP contribution in [-0.4, -0.2) is 0 Å². The number of rotatable bonds is 2. The van der Waals surface area contributed by atoms with Crippen molar-refractivity contribution in [1.82, 2.24) is 0 Å². The van der Waals surface area contributed by atoms with E-state index >= 15 is 0 Å². The van der Waals surface area contributed by atoms with Gasteiger partial charge in [-0.2, -0.15) is 0 Å². The summed E-state index contributed by atoms with van der Waals surface area (Å²) < 4.78 is 0. The maximum absolute atomic E-state index is 3.61. The van der Waals surface area contributed by atoms with Crippen LogP contribution in [0.5, 0.6) is 0 Å². The molecule has 0 saturated carbocycles. The van der Waals surface area contributed by atoms with Gasteiger partial charge in [-0.1, -0.05) is 56.0 Å². The number of fused-ring (bicyclic) bond motifs is 1. The average molecular weight is 194 g/mol. The van der Waals surface area contributed by atoms with Gasteiger partial charge in [0.15, 0.2) is 0 Å². The summed E-state index contributed by atoms with van der Waals surface area (Å²) in [6.45, 7) is 5.76. The predicted molar refractivity (Wildman–Crippen MR) is 66.1 cm³/mol. The Labute approximate surface area is 90.6 Å². The normalized spacial score (nSPS) is 12.1. The fraction of sp³-hybridized carbons (Fsp3) is 0.133. The number of hydrogen-bond acceptors (Lipinski definition) is 0. The van der Waals surface area contributed by atoms with Crippen molar-refractivity contribution in [2.24, 2.45) is 0 Å². The molecule has 15 heavy (non-hydrogen) atoms. The van der Waals surface area contributed by atoms with Crippen molar-refractivity contribution in [2.45, 2.75) is 12.8 Å². The van der Waals surface area contributed by atoms with Gasteiger partial charge in [0.1, 0.15) is 0 Å². The molecule has 0 radical (unpaired) electrons. The highest BCUT2D eigenvalue weighted by atomic mass is 14.1. The van der Waals surface area contributed by atoms with Crippen molar-refractivity contribution in [3.05, 3.63) is 66.4 Å². The van der Waals surface area contributed by atoms with Gasteiger partial charge in [-0.05, 0) is 22.4 Å². The van der Waals surface area contributed by atoms with Crippen LogP contribution < -0.4 is 0 Å². The first-order valence-electron chi connectivity index (χ1n) is 5.16. The monoisotopic (exact) mass is 194 g/mol. The van der Waals surface area contributed by atoms with Crippen molar-refractivity contribution in [3.63, 3.8) is 0 Å². The molecule has 0 aliphatic carbocycles. The van der Waals surface area contributed by atoms with Crippen LogP contribution in [0.3, 0.4) is 0 Å².